The van der Waals surface area contributed by atoms with Crippen LogP contribution in [0.15, 0.2) is 48.5 Å². The lowest BCUT2D eigenvalue weighted by atomic mass is 10.1. The van der Waals surface area contributed by atoms with Crippen molar-refractivity contribution in [1.82, 2.24) is 4.90 Å². The summed E-state index contributed by atoms with van der Waals surface area (Å²) in [7, 11) is 1.57. The summed E-state index contributed by atoms with van der Waals surface area (Å²) >= 11 is 6.04. The highest BCUT2D eigenvalue weighted by molar-refractivity contribution is 6.31. The van der Waals surface area contributed by atoms with Gasteiger partial charge in [-0.15, -0.1) is 0 Å². The number of hydrogen-bond donors (Lipinski definition) is 0. The second-order valence-corrected chi connectivity index (χ2v) is 5.98. The number of halogens is 1. The van der Waals surface area contributed by atoms with Crippen molar-refractivity contribution in [3.8, 4) is 0 Å². The smallest absolute Gasteiger partial charge is 0.269 e. The van der Waals surface area contributed by atoms with Gasteiger partial charge in [-0.05, 0) is 11.6 Å². The highest BCUT2D eigenvalue weighted by Gasteiger charge is 2.16. The molecule has 0 saturated heterocycles. The fraction of sp³-hybridized carbons (Fsp3) is 0.222. The van der Waals surface area contributed by atoms with Crippen molar-refractivity contribution in [1.29, 1.82) is 0 Å². The number of carbonyl (C=O) groups is 2. The number of hydrogen-bond acceptors (Lipinski definition) is 4. The molecule has 1 amide bonds. The first-order valence-electron chi connectivity index (χ1n) is 7.63. The Morgan fingerprint density at radius 3 is 2.44 bits per heavy atom. The number of nitro benzene ring substituents is 1. The maximum atomic E-state index is 12.2. The SMILES string of the molecule is CN(Cc1cc([N+](=O)[O-])ccc1Cl)C(=O)CCC(=O)c1ccccc1. The highest BCUT2D eigenvalue weighted by atomic mass is 35.5. The predicted molar refractivity (Wildman–Crippen MR) is 94.6 cm³/mol. The monoisotopic (exact) mass is 360 g/mol. The maximum Gasteiger partial charge on any atom is 0.269 e. The van der Waals surface area contributed by atoms with Gasteiger partial charge in [0.2, 0.25) is 5.91 Å². The molecular weight excluding hydrogens is 344 g/mol. The van der Waals surface area contributed by atoms with Crippen LogP contribution in [0.4, 0.5) is 5.69 Å². The molecule has 25 heavy (non-hydrogen) atoms. The Kier molecular flexibility index (Phi) is 6.25. The molecular formula is C18H17ClN2O4. The van der Waals surface area contributed by atoms with Gasteiger partial charge in [0, 0.05) is 49.2 Å². The van der Waals surface area contributed by atoms with E-state index in [-0.39, 0.29) is 36.8 Å². The molecule has 0 spiro atoms. The first kappa shape index (κ1) is 18.6. The Balaban J connectivity index is 1.95. The van der Waals surface area contributed by atoms with Gasteiger partial charge in [0.05, 0.1) is 4.92 Å². The Bertz CT molecular complexity index is 793. The zero-order valence-electron chi connectivity index (χ0n) is 13.6. The lowest BCUT2D eigenvalue weighted by molar-refractivity contribution is -0.384. The number of carbonyl (C=O) groups excluding carboxylic acids is 2. The van der Waals surface area contributed by atoms with Crippen LogP contribution in [0.5, 0.6) is 0 Å². The Hall–Kier alpha value is -2.73. The van der Waals surface area contributed by atoms with Gasteiger partial charge in [-0.25, -0.2) is 0 Å². The number of amides is 1. The third kappa shape index (κ3) is 5.12. The molecule has 0 radical (unpaired) electrons. The topological polar surface area (TPSA) is 80.5 Å². The molecule has 0 saturated carbocycles. The van der Waals surface area contributed by atoms with E-state index in [2.05, 4.69) is 0 Å². The molecule has 7 heteroatoms. The average molecular weight is 361 g/mol. The third-order valence-corrected chi connectivity index (χ3v) is 4.10. The van der Waals surface area contributed by atoms with E-state index >= 15 is 0 Å². The van der Waals surface area contributed by atoms with Crippen LogP contribution in [0.25, 0.3) is 0 Å². The summed E-state index contributed by atoms with van der Waals surface area (Å²) in [6, 6.07) is 12.9. The molecule has 0 aliphatic heterocycles. The molecule has 0 N–H and O–H groups in total. The van der Waals surface area contributed by atoms with E-state index in [0.29, 0.717) is 16.1 Å². The van der Waals surface area contributed by atoms with E-state index in [1.807, 2.05) is 6.07 Å². The molecule has 2 aromatic rings. The molecule has 0 unspecified atom stereocenters. The van der Waals surface area contributed by atoms with E-state index in [1.165, 1.54) is 23.1 Å². The molecule has 2 rings (SSSR count). The number of ketones is 1. The second kappa shape index (κ2) is 8.39. The number of nitro groups is 1. The second-order valence-electron chi connectivity index (χ2n) is 5.57. The van der Waals surface area contributed by atoms with Crippen LogP contribution in [0.2, 0.25) is 5.02 Å². The zero-order chi connectivity index (χ0) is 18.4. The quantitative estimate of drug-likeness (QED) is 0.426. The van der Waals surface area contributed by atoms with Gasteiger partial charge in [-0.3, -0.25) is 19.7 Å². The number of nitrogens with zero attached hydrogens (tertiary/aromatic N) is 2. The molecule has 0 aromatic heterocycles. The number of Topliss-reactive ketones (excluding diaryl/α,β-unsaturated/α-hetero) is 1. The summed E-state index contributed by atoms with van der Waals surface area (Å²) in [6.07, 6.45) is 0.173. The summed E-state index contributed by atoms with van der Waals surface area (Å²) in [5.74, 6) is -0.331. The number of non-ortho nitro benzene ring substituents is 1. The minimum Gasteiger partial charge on any atom is -0.341 e. The van der Waals surface area contributed by atoms with Crippen molar-refractivity contribution in [2.75, 3.05) is 7.05 Å². The number of benzene rings is 2. The predicted octanol–water partition coefficient (Wildman–Crippen LogP) is 3.87. The molecule has 0 bridgehead atoms. The molecule has 2 aromatic carbocycles. The first-order chi connectivity index (χ1) is 11.9. The van der Waals surface area contributed by atoms with E-state index in [0.717, 1.165) is 0 Å². The molecule has 6 nitrogen and oxygen atoms in total. The standard InChI is InChI=1S/C18H17ClN2O4/c1-20(12-14-11-15(21(24)25)7-8-16(14)19)18(23)10-9-17(22)13-5-3-2-4-6-13/h2-8,11H,9-10,12H2,1H3. The average Bonchev–Trinajstić information content (AvgIpc) is 2.61. The summed E-state index contributed by atoms with van der Waals surface area (Å²) in [4.78, 5) is 36.0. The summed E-state index contributed by atoms with van der Waals surface area (Å²) in [6.45, 7) is 0.138. The molecule has 0 atom stereocenters. The van der Waals surface area contributed by atoms with Crippen LogP contribution in [0, 0.1) is 10.1 Å². The van der Waals surface area contributed by atoms with Gasteiger partial charge in [0.1, 0.15) is 0 Å². The van der Waals surface area contributed by atoms with Crippen molar-refractivity contribution >= 4 is 29.0 Å². The van der Waals surface area contributed by atoms with Gasteiger partial charge in [-0.2, -0.15) is 0 Å². The van der Waals surface area contributed by atoms with E-state index in [9.17, 15) is 19.7 Å². The van der Waals surface area contributed by atoms with E-state index in [1.54, 1.807) is 31.3 Å². The van der Waals surface area contributed by atoms with E-state index in [4.69, 9.17) is 11.6 Å². The van der Waals surface area contributed by atoms with Gasteiger partial charge in [-0.1, -0.05) is 41.9 Å². The van der Waals surface area contributed by atoms with Crippen molar-refractivity contribution < 1.29 is 14.5 Å². The van der Waals surface area contributed by atoms with Gasteiger partial charge < -0.3 is 4.90 Å². The minimum absolute atomic E-state index is 0.0662. The number of rotatable bonds is 7. The van der Waals surface area contributed by atoms with Gasteiger partial charge in [0.25, 0.3) is 5.69 Å². The van der Waals surface area contributed by atoms with Crippen molar-refractivity contribution in [3.05, 3.63) is 74.8 Å². The minimum atomic E-state index is -0.514. The van der Waals surface area contributed by atoms with Gasteiger partial charge >= 0.3 is 0 Å². The first-order valence-corrected chi connectivity index (χ1v) is 8.01. The molecule has 130 valence electrons. The Morgan fingerprint density at radius 2 is 1.80 bits per heavy atom. The molecule has 0 aliphatic carbocycles. The Labute approximate surface area is 150 Å². The van der Waals surface area contributed by atoms with Crippen LogP contribution < -0.4 is 0 Å². The third-order valence-electron chi connectivity index (χ3n) is 3.74. The van der Waals surface area contributed by atoms with Crippen molar-refractivity contribution in [2.24, 2.45) is 0 Å². The largest absolute Gasteiger partial charge is 0.341 e. The maximum absolute atomic E-state index is 12.2. The zero-order valence-corrected chi connectivity index (χ0v) is 14.4. The highest BCUT2D eigenvalue weighted by Crippen LogP contribution is 2.23. The summed E-state index contributed by atoms with van der Waals surface area (Å²) < 4.78 is 0. The van der Waals surface area contributed by atoms with Crippen LogP contribution in [0.1, 0.15) is 28.8 Å². The molecule has 0 aliphatic rings. The van der Waals surface area contributed by atoms with Crippen molar-refractivity contribution in [3.63, 3.8) is 0 Å². The molecule has 0 fully saturated rings. The normalized spacial score (nSPS) is 10.3. The van der Waals surface area contributed by atoms with Crippen molar-refractivity contribution in [2.45, 2.75) is 19.4 Å². The fourth-order valence-electron chi connectivity index (χ4n) is 2.32. The summed E-state index contributed by atoms with van der Waals surface area (Å²) in [5, 5.41) is 11.2. The lowest BCUT2D eigenvalue weighted by Crippen LogP contribution is -2.26. The van der Waals surface area contributed by atoms with Crippen LogP contribution in [-0.4, -0.2) is 28.6 Å². The Morgan fingerprint density at radius 1 is 1.12 bits per heavy atom. The van der Waals surface area contributed by atoms with E-state index < -0.39 is 4.92 Å². The van der Waals surface area contributed by atoms with Crippen LogP contribution in [-0.2, 0) is 11.3 Å². The van der Waals surface area contributed by atoms with Crippen LogP contribution >= 0.6 is 11.6 Å². The van der Waals surface area contributed by atoms with Crippen LogP contribution in [0.3, 0.4) is 0 Å². The summed E-state index contributed by atoms with van der Waals surface area (Å²) in [5.41, 5.74) is 0.972. The molecule has 0 heterocycles. The fourth-order valence-corrected chi connectivity index (χ4v) is 2.50. The van der Waals surface area contributed by atoms with Gasteiger partial charge in [0.15, 0.2) is 5.78 Å². The lowest BCUT2D eigenvalue weighted by Gasteiger charge is -2.18.